The van der Waals surface area contributed by atoms with Crippen molar-refractivity contribution in [3.05, 3.63) is 55.9 Å². The fraction of sp³-hybridized carbons (Fsp3) is 0.312. The molecule has 2 aromatic rings. The summed E-state index contributed by atoms with van der Waals surface area (Å²) in [4.78, 5) is 24.6. The maximum Gasteiger partial charge on any atom is 0.267 e. The molecule has 0 fully saturated rings. The largest absolute Gasteiger partial charge is 0.323 e. The molecule has 0 saturated carbocycles. The Morgan fingerprint density at radius 2 is 2.09 bits per heavy atom. The fourth-order valence-corrected chi connectivity index (χ4v) is 3.09. The first-order valence-electron chi connectivity index (χ1n) is 7.33. The Bertz CT molecular complexity index is 833. The third-order valence-electron chi connectivity index (χ3n) is 3.92. The van der Waals surface area contributed by atoms with E-state index >= 15 is 0 Å². The number of aromatic nitrogens is 2. The van der Waals surface area contributed by atoms with Gasteiger partial charge >= 0.3 is 0 Å². The molecule has 5 nitrogen and oxygen atoms in total. The number of carbonyl (C=O) groups is 1. The summed E-state index contributed by atoms with van der Waals surface area (Å²) in [7, 11) is 0. The van der Waals surface area contributed by atoms with Crippen LogP contribution in [-0.4, -0.2) is 15.7 Å². The van der Waals surface area contributed by atoms with Crippen molar-refractivity contribution in [1.29, 1.82) is 0 Å². The number of hydrogen-bond donors (Lipinski definition) is 1. The van der Waals surface area contributed by atoms with Gasteiger partial charge in [-0.05, 0) is 49.9 Å². The number of amides is 1. The predicted molar refractivity (Wildman–Crippen MR) is 90.3 cm³/mol. The summed E-state index contributed by atoms with van der Waals surface area (Å²) in [5, 5.41) is 7.87. The summed E-state index contributed by atoms with van der Waals surface area (Å²) in [5.41, 5.74) is 2.06. The van der Waals surface area contributed by atoms with Crippen molar-refractivity contribution in [3.8, 4) is 0 Å². The molecule has 1 amide bonds. The summed E-state index contributed by atoms with van der Waals surface area (Å²) in [6, 6.07) is 5.64. The summed E-state index contributed by atoms with van der Waals surface area (Å²) < 4.78 is 1.23. The number of hydrogen-bond acceptors (Lipinski definition) is 3. The lowest BCUT2D eigenvalue weighted by molar-refractivity contribution is -0.119. The third kappa shape index (κ3) is 3.26. The summed E-state index contributed by atoms with van der Waals surface area (Å²) >= 11 is 11.9. The Labute approximate surface area is 143 Å². The number of halogens is 2. The zero-order chi connectivity index (χ0) is 16.6. The third-order valence-corrected chi connectivity index (χ3v) is 4.47. The predicted octanol–water partition coefficient (Wildman–Crippen LogP) is 3.24. The highest BCUT2D eigenvalue weighted by Gasteiger charge is 2.22. The lowest BCUT2D eigenvalue weighted by atomic mass is 10.2. The van der Waals surface area contributed by atoms with Gasteiger partial charge in [0.2, 0.25) is 5.91 Å². The highest BCUT2D eigenvalue weighted by Crippen LogP contribution is 2.26. The second-order valence-electron chi connectivity index (χ2n) is 5.54. The van der Waals surface area contributed by atoms with E-state index in [9.17, 15) is 9.59 Å². The Morgan fingerprint density at radius 3 is 2.83 bits per heavy atom. The summed E-state index contributed by atoms with van der Waals surface area (Å²) in [6.07, 6.45) is 2.71. The molecule has 0 bridgehead atoms. The van der Waals surface area contributed by atoms with E-state index in [-0.39, 0.29) is 11.5 Å². The average molecular weight is 352 g/mol. The zero-order valence-corrected chi connectivity index (χ0v) is 14.0. The van der Waals surface area contributed by atoms with E-state index in [0.29, 0.717) is 15.7 Å². The number of rotatable bonds is 3. The molecule has 0 radical (unpaired) electrons. The van der Waals surface area contributed by atoms with Crippen molar-refractivity contribution >= 4 is 34.8 Å². The van der Waals surface area contributed by atoms with Crippen molar-refractivity contribution in [1.82, 2.24) is 9.78 Å². The number of nitrogens with one attached hydrogen (secondary N) is 1. The molecule has 3 rings (SSSR count). The van der Waals surface area contributed by atoms with E-state index in [1.165, 1.54) is 4.68 Å². The molecule has 1 aromatic heterocycles. The molecule has 1 aromatic carbocycles. The second-order valence-corrected chi connectivity index (χ2v) is 6.39. The molecular formula is C16H15Cl2N3O2. The van der Waals surface area contributed by atoms with Crippen LogP contribution in [0.5, 0.6) is 0 Å². The van der Waals surface area contributed by atoms with Crippen LogP contribution in [0.3, 0.4) is 0 Å². The van der Waals surface area contributed by atoms with Crippen LogP contribution >= 0.6 is 23.2 Å². The van der Waals surface area contributed by atoms with Crippen LogP contribution in [0.1, 0.15) is 30.6 Å². The van der Waals surface area contributed by atoms with E-state index in [4.69, 9.17) is 23.2 Å². The summed E-state index contributed by atoms with van der Waals surface area (Å²) in [5.74, 6) is -0.359. The SMILES string of the molecule is CC(C(=O)Nc1ccc(Cl)cc1Cl)n1nc2c(cc1=O)CCC2. The Hall–Kier alpha value is -1.85. The van der Waals surface area contributed by atoms with Crippen molar-refractivity contribution in [2.75, 3.05) is 5.32 Å². The summed E-state index contributed by atoms with van der Waals surface area (Å²) in [6.45, 7) is 1.63. The van der Waals surface area contributed by atoms with Crippen molar-refractivity contribution in [2.45, 2.75) is 32.2 Å². The molecule has 1 N–H and O–H groups in total. The number of nitrogens with zero attached hydrogens (tertiary/aromatic N) is 2. The van der Waals surface area contributed by atoms with Crippen LogP contribution in [0.4, 0.5) is 5.69 Å². The molecule has 1 unspecified atom stereocenters. The lowest BCUT2D eigenvalue weighted by Crippen LogP contribution is -2.34. The average Bonchev–Trinajstić information content (AvgIpc) is 2.95. The molecule has 0 aliphatic heterocycles. The van der Waals surface area contributed by atoms with Crippen LogP contribution in [0.15, 0.2) is 29.1 Å². The molecule has 1 aliphatic rings. The van der Waals surface area contributed by atoms with Crippen molar-refractivity contribution in [3.63, 3.8) is 0 Å². The lowest BCUT2D eigenvalue weighted by Gasteiger charge is -2.15. The van der Waals surface area contributed by atoms with Gasteiger partial charge in [-0.15, -0.1) is 0 Å². The van der Waals surface area contributed by atoms with Gasteiger partial charge in [-0.1, -0.05) is 23.2 Å². The quantitative estimate of drug-likeness (QED) is 0.922. The van der Waals surface area contributed by atoms with Gasteiger partial charge < -0.3 is 5.32 Å². The van der Waals surface area contributed by atoms with Crippen LogP contribution in [0.25, 0.3) is 0 Å². The van der Waals surface area contributed by atoms with Crippen LogP contribution in [0, 0.1) is 0 Å². The normalized spacial score (nSPS) is 14.4. The van der Waals surface area contributed by atoms with Crippen LogP contribution in [-0.2, 0) is 17.6 Å². The number of carbonyl (C=O) groups excluding carboxylic acids is 1. The van der Waals surface area contributed by atoms with Gasteiger partial charge in [-0.3, -0.25) is 9.59 Å². The number of anilines is 1. The van der Waals surface area contributed by atoms with Crippen LogP contribution < -0.4 is 10.9 Å². The first-order chi connectivity index (χ1) is 11.0. The first kappa shape index (κ1) is 16.0. The highest BCUT2D eigenvalue weighted by molar-refractivity contribution is 6.36. The van der Waals surface area contributed by atoms with Gasteiger partial charge in [-0.25, -0.2) is 4.68 Å². The Morgan fingerprint density at radius 1 is 1.30 bits per heavy atom. The standard InChI is InChI=1S/C16H15Cl2N3O2/c1-9(16(23)19-14-6-5-11(17)8-12(14)18)21-15(22)7-10-3-2-4-13(10)20-21/h5-9H,2-4H2,1H3,(H,19,23). The number of benzene rings is 1. The molecule has 7 heteroatoms. The monoisotopic (exact) mass is 351 g/mol. The van der Waals surface area contributed by atoms with Crippen molar-refractivity contribution < 1.29 is 4.79 Å². The smallest absolute Gasteiger partial charge is 0.267 e. The topological polar surface area (TPSA) is 64.0 Å². The number of aryl methyl sites for hydroxylation is 2. The molecule has 1 aliphatic carbocycles. The molecular weight excluding hydrogens is 337 g/mol. The molecule has 0 saturated heterocycles. The van der Waals surface area contributed by atoms with Crippen molar-refractivity contribution in [2.24, 2.45) is 0 Å². The maximum atomic E-state index is 12.4. The van der Waals surface area contributed by atoms with Gasteiger partial charge in [0.25, 0.3) is 5.56 Å². The van der Waals surface area contributed by atoms with E-state index in [0.717, 1.165) is 30.5 Å². The Balaban J connectivity index is 1.84. The van der Waals surface area contributed by atoms with Gasteiger partial charge in [0.1, 0.15) is 6.04 Å². The van der Waals surface area contributed by atoms with Gasteiger partial charge in [0.05, 0.1) is 16.4 Å². The van der Waals surface area contributed by atoms with Crippen LogP contribution in [0.2, 0.25) is 10.0 Å². The molecule has 23 heavy (non-hydrogen) atoms. The second kappa shape index (κ2) is 6.34. The molecule has 120 valence electrons. The first-order valence-corrected chi connectivity index (χ1v) is 8.09. The minimum absolute atomic E-state index is 0.268. The minimum atomic E-state index is -0.736. The van der Waals surface area contributed by atoms with E-state index in [2.05, 4.69) is 10.4 Å². The van der Waals surface area contributed by atoms with E-state index < -0.39 is 6.04 Å². The zero-order valence-electron chi connectivity index (χ0n) is 12.5. The number of fused-ring (bicyclic) bond motifs is 1. The highest BCUT2D eigenvalue weighted by atomic mass is 35.5. The van der Waals surface area contributed by atoms with E-state index in [1.807, 2.05) is 0 Å². The Kier molecular flexibility index (Phi) is 4.41. The molecule has 1 heterocycles. The van der Waals surface area contributed by atoms with Gasteiger partial charge in [-0.2, -0.15) is 5.10 Å². The minimum Gasteiger partial charge on any atom is -0.323 e. The maximum absolute atomic E-state index is 12.4. The molecule has 1 atom stereocenters. The van der Waals surface area contributed by atoms with Gasteiger partial charge in [0.15, 0.2) is 0 Å². The fourth-order valence-electron chi connectivity index (χ4n) is 2.63. The van der Waals surface area contributed by atoms with E-state index in [1.54, 1.807) is 31.2 Å². The van der Waals surface area contributed by atoms with Gasteiger partial charge in [0, 0.05) is 11.1 Å². The molecule has 0 spiro atoms.